The van der Waals surface area contributed by atoms with Crippen molar-refractivity contribution in [2.75, 3.05) is 38.7 Å². The summed E-state index contributed by atoms with van der Waals surface area (Å²) in [6.45, 7) is 5.49. The van der Waals surface area contributed by atoms with Crippen molar-refractivity contribution in [3.63, 3.8) is 0 Å². The lowest BCUT2D eigenvalue weighted by molar-refractivity contribution is 0.158. The molecule has 11 heteroatoms. The quantitative estimate of drug-likeness (QED) is 0.362. The van der Waals surface area contributed by atoms with Gasteiger partial charge in [-0.3, -0.25) is 14.9 Å². The van der Waals surface area contributed by atoms with Crippen LogP contribution in [0.4, 0.5) is 15.0 Å². The molecule has 3 aromatic heterocycles. The number of halogens is 1. The number of carbonyl (C=O) groups excluding carboxylic acids is 1. The van der Waals surface area contributed by atoms with Crippen LogP contribution in [0.5, 0.6) is 0 Å². The third-order valence-electron chi connectivity index (χ3n) is 7.62. The summed E-state index contributed by atoms with van der Waals surface area (Å²) in [7, 11) is 1.67. The monoisotopic (exact) mass is 532 g/mol. The molecule has 5 heterocycles. The highest BCUT2D eigenvalue weighted by molar-refractivity contribution is 5.91. The van der Waals surface area contributed by atoms with Crippen molar-refractivity contribution in [2.24, 2.45) is 0 Å². The van der Waals surface area contributed by atoms with Gasteiger partial charge in [-0.25, -0.2) is 13.9 Å². The van der Waals surface area contributed by atoms with Crippen LogP contribution in [-0.2, 0) is 17.7 Å². The Labute approximate surface area is 226 Å². The zero-order chi connectivity index (χ0) is 26.9. The average Bonchev–Trinajstić information content (AvgIpc) is 3.74. The minimum absolute atomic E-state index is 0.110. The normalized spacial score (nSPS) is 18.9. The highest BCUT2D eigenvalue weighted by Gasteiger charge is 2.35. The lowest BCUT2D eigenvalue weighted by atomic mass is 10.1. The molecule has 0 aliphatic carbocycles. The molecule has 1 saturated heterocycles. The van der Waals surface area contributed by atoms with E-state index in [4.69, 9.17) is 14.9 Å². The lowest BCUT2D eigenvalue weighted by Gasteiger charge is -2.22. The summed E-state index contributed by atoms with van der Waals surface area (Å²) in [5.74, 6) is 0.286. The number of carbonyl (C=O) groups is 1. The number of methoxy groups -OCH3 is 1. The van der Waals surface area contributed by atoms with E-state index in [0.29, 0.717) is 25.5 Å². The summed E-state index contributed by atoms with van der Waals surface area (Å²) in [4.78, 5) is 15.7. The van der Waals surface area contributed by atoms with Crippen LogP contribution in [-0.4, -0.2) is 74.5 Å². The molecule has 0 spiro atoms. The first-order valence-electron chi connectivity index (χ1n) is 13.3. The van der Waals surface area contributed by atoms with Crippen molar-refractivity contribution in [2.45, 2.75) is 38.4 Å². The predicted molar refractivity (Wildman–Crippen MR) is 146 cm³/mol. The molecular weight excluding hydrogens is 499 g/mol. The van der Waals surface area contributed by atoms with Gasteiger partial charge in [0.2, 0.25) is 0 Å². The molecule has 2 aliphatic rings. The number of amides is 2. The van der Waals surface area contributed by atoms with Crippen LogP contribution in [0, 0.1) is 12.7 Å². The van der Waals surface area contributed by atoms with Crippen LogP contribution in [0.3, 0.4) is 0 Å². The van der Waals surface area contributed by atoms with Gasteiger partial charge in [-0.1, -0.05) is 18.2 Å². The van der Waals surface area contributed by atoms with Gasteiger partial charge in [0, 0.05) is 56.9 Å². The number of hydrogen-bond acceptors (Lipinski definition) is 5. The van der Waals surface area contributed by atoms with Gasteiger partial charge in [-0.05, 0) is 44.0 Å². The van der Waals surface area contributed by atoms with E-state index < -0.39 is 0 Å². The molecule has 0 unspecified atom stereocenters. The molecule has 1 fully saturated rings. The SMILES string of the molecule is COCCN1C[C@@H](n2ccc(F)c2)[C@H](NC(=O)Nc2c(C)c(-c3cc4n(n3)CCC4)nn2-c2ccccc2)C1. The summed E-state index contributed by atoms with van der Waals surface area (Å²) in [6.07, 6.45) is 5.30. The molecule has 2 aliphatic heterocycles. The minimum atomic E-state index is -0.342. The maximum Gasteiger partial charge on any atom is 0.320 e. The maximum atomic E-state index is 13.8. The van der Waals surface area contributed by atoms with Crippen molar-refractivity contribution in [1.29, 1.82) is 0 Å². The predicted octanol–water partition coefficient (Wildman–Crippen LogP) is 3.62. The first-order chi connectivity index (χ1) is 19.0. The van der Waals surface area contributed by atoms with Gasteiger partial charge in [-0.2, -0.15) is 10.2 Å². The molecule has 0 saturated carbocycles. The van der Waals surface area contributed by atoms with Gasteiger partial charge < -0.3 is 14.6 Å². The molecule has 39 heavy (non-hydrogen) atoms. The van der Waals surface area contributed by atoms with Gasteiger partial charge in [-0.15, -0.1) is 0 Å². The maximum absolute atomic E-state index is 13.8. The van der Waals surface area contributed by atoms with Crippen LogP contribution in [0.25, 0.3) is 17.1 Å². The van der Waals surface area contributed by atoms with E-state index in [9.17, 15) is 9.18 Å². The summed E-state index contributed by atoms with van der Waals surface area (Å²) in [6, 6.07) is 12.6. The van der Waals surface area contributed by atoms with Gasteiger partial charge in [0.05, 0.1) is 24.4 Å². The fraction of sp³-hybridized carbons (Fsp3) is 0.393. The first-order valence-corrected chi connectivity index (χ1v) is 13.3. The second kappa shape index (κ2) is 10.7. The van der Waals surface area contributed by atoms with Crippen molar-refractivity contribution in [3.8, 4) is 17.1 Å². The second-order valence-corrected chi connectivity index (χ2v) is 10.2. The number of ether oxygens (including phenoxy) is 1. The Kier molecular flexibility index (Phi) is 6.92. The highest BCUT2D eigenvalue weighted by atomic mass is 19.1. The molecule has 0 radical (unpaired) electrons. The molecule has 4 aromatic rings. The Morgan fingerprint density at radius 1 is 1.18 bits per heavy atom. The molecular formula is C28H33FN8O2. The zero-order valence-corrected chi connectivity index (χ0v) is 22.2. The van der Waals surface area contributed by atoms with E-state index in [1.54, 1.807) is 18.0 Å². The number of likely N-dealkylation sites (tertiary alicyclic amines) is 1. The largest absolute Gasteiger partial charge is 0.383 e. The van der Waals surface area contributed by atoms with Gasteiger partial charge in [0.25, 0.3) is 0 Å². The molecule has 1 aromatic carbocycles. The van der Waals surface area contributed by atoms with Crippen molar-refractivity contribution >= 4 is 11.8 Å². The molecule has 2 N–H and O–H groups in total. The van der Waals surface area contributed by atoms with E-state index in [2.05, 4.69) is 21.6 Å². The van der Waals surface area contributed by atoms with Gasteiger partial charge >= 0.3 is 6.03 Å². The van der Waals surface area contributed by atoms with Crippen LogP contribution < -0.4 is 10.6 Å². The van der Waals surface area contributed by atoms with Gasteiger partial charge in [0.15, 0.2) is 0 Å². The lowest BCUT2D eigenvalue weighted by Crippen LogP contribution is -2.43. The molecule has 0 bridgehead atoms. The molecule has 10 nitrogen and oxygen atoms in total. The summed E-state index contributed by atoms with van der Waals surface area (Å²) in [5, 5.41) is 15.9. The van der Waals surface area contributed by atoms with Crippen molar-refractivity contribution in [3.05, 3.63) is 71.9 Å². The van der Waals surface area contributed by atoms with Crippen LogP contribution in [0.1, 0.15) is 23.7 Å². The number of fused-ring (bicyclic) bond motifs is 1. The number of hydrogen-bond donors (Lipinski definition) is 2. The van der Waals surface area contributed by atoms with E-state index >= 15 is 0 Å². The molecule has 2 amide bonds. The highest BCUT2D eigenvalue weighted by Crippen LogP contribution is 2.32. The fourth-order valence-electron chi connectivity index (χ4n) is 5.64. The first kappa shape index (κ1) is 25.3. The summed E-state index contributed by atoms with van der Waals surface area (Å²) in [5.41, 5.74) is 4.42. The number of rotatable bonds is 8. The van der Waals surface area contributed by atoms with E-state index in [-0.39, 0.29) is 23.9 Å². The topological polar surface area (TPSA) is 94.2 Å². The Balaban J connectivity index is 1.27. The number of para-hydroxylation sites is 1. The van der Waals surface area contributed by atoms with E-state index in [1.807, 2.05) is 46.5 Å². The van der Waals surface area contributed by atoms with Crippen molar-refractivity contribution < 1.29 is 13.9 Å². The second-order valence-electron chi connectivity index (χ2n) is 10.2. The van der Waals surface area contributed by atoms with E-state index in [1.165, 1.54) is 18.0 Å². The van der Waals surface area contributed by atoms with Crippen LogP contribution >= 0.6 is 0 Å². The number of nitrogens with one attached hydrogen (secondary N) is 2. The fourth-order valence-corrected chi connectivity index (χ4v) is 5.64. The number of urea groups is 1. The van der Waals surface area contributed by atoms with Gasteiger partial charge in [0.1, 0.15) is 23.0 Å². The Morgan fingerprint density at radius 3 is 2.77 bits per heavy atom. The summed E-state index contributed by atoms with van der Waals surface area (Å²) < 4.78 is 24.7. The molecule has 204 valence electrons. The number of nitrogens with zero attached hydrogens (tertiary/aromatic N) is 6. The minimum Gasteiger partial charge on any atom is -0.383 e. The summed E-state index contributed by atoms with van der Waals surface area (Å²) >= 11 is 0. The molecule has 2 atom stereocenters. The zero-order valence-electron chi connectivity index (χ0n) is 22.2. The Hall–Kier alpha value is -3.96. The number of anilines is 1. The standard InChI is InChI=1S/C28H33FN8O2/c1-19-26(23-15-22-9-6-11-36(22)32-23)33-37(21-7-4-3-5-8-21)27(19)31-28(38)30-24-17-34(13-14-39-2)18-25(24)35-12-10-20(29)16-35/h3-5,7-8,10,12,15-16,24-25H,6,9,11,13-14,17-18H2,1-2H3,(H2,30,31,38)/t24-,25-/m1/s1. The van der Waals surface area contributed by atoms with Crippen molar-refractivity contribution in [1.82, 2.24) is 34.3 Å². The molecule has 6 rings (SSSR count). The van der Waals surface area contributed by atoms with E-state index in [0.717, 1.165) is 48.6 Å². The van der Waals surface area contributed by atoms with Crippen LogP contribution in [0.15, 0.2) is 54.9 Å². The average molecular weight is 533 g/mol. The third-order valence-corrected chi connectivity index (χ3v) is 7.62. The van der Waals surface area contributed by atoms with Crippen LogP contribution in [0.2, 0.25) is 0 Å². The number of aryl methyl sites for hydroxylation is 2. The number of benzene rings is 1. The third kappa shape index (κ3) is 5.07. The Morgan fingerprint density at radius 2 is 2.03 bits per heavy atom. The smallest absolute Gasteiger partial charge is 0.320 e. The number of aromatic nitrogens is 5. The Bertz CT molecular complexity index is 1440.